The predicted molar refractivity (Wildman–Crippen MR) is 134 cm³/mol. The van der Waals surface area contributed by atoms with Gasteiger partial charge in [-0.1, -0.05) is 59.2 Å². The van der Waals surface area contributed by atoms with E-state index in [4.69, 9.17) is 35.4 Å². The molecule has 1 aliphatic heterocycles. The average molecular weight is 499 g/mol. The molecule has 32 heavy (non-hydrogen) atoms. The first-order valence-electron chi connectivity index (χ1n) is 9.54. The molecule has 0 saturated carbocycles. The molecule has 0 aliphatic carbocycles. The van der Waals surface area contributed by atoms with Crippen molar-refractivity contribution in [1.82, 2.24) is 5.32 Å². The van der Waals surface area contributed by atoms with Crippen LogP contribution in [0, 0.1) is 6.92 Å². The molecule has 1 fully saturated rings. The second-order valence-electron chi connectivity index (χ2n) is 6.94. The monoisotopic (exact) mass is 498 g/mol. The molecule has 2 amide bonds. The minimum atomic E-state index is -0.540. The molecule has 8 heteroatoms. The number of rotatable bonds is 4. The van der Waals surface area contributed by atoms with Crippen LogP contribution in [0.5, 0.6) is 0 Å². The lowest BCUT2D eigenvalue weighted by Crippen LogP contribution is -2.54. The van der Waals surface area contributed by atoms with Gasteiger partial charge in [-0.3, -0.25) is 19.8 Å². The van der Waals surface area contributed by atoms with Gasteiger partial charge in [-0.25, -0.2) is 0 Å². The first-order chi connectivity index (χ1) is 15.3. The highest BCUT2D eigenvalue weighted by atomic mass is 35.5. The highest BCUT2D eigenvalue weighted by Crippen LogP contribution is 2.34. The van der Waals surface area contributed by atoms with Crippen molar-refractivity contribution in [3.8, 4) is 0 Å². The topological polar surface area (TPSA) is 49.4 Å². The molecule has 0 bridgehead atoms. The van der Waals surface area contributed by atoms with E-state index in [0.29, 0.717) is 21.3 Å². The van der Waals surface area contributed by atoms with E-state index >= 15 is 0 Å². The summed E-state index contributed by atoms with van der Waals surface area (Å²) in [6.45, 7) is 1.80. The van der Waals surface area contributed by atoms with Gasteiger partial charge in [0.2, 0.25) is 0 Å². The number of nitrogens with zero attached hydrogens (tertiary/aromatic N) is 1. The molecule has 160 valence electrons. The van der Waals surface area contributed by atoms with Gasteiger partial charge in [0.05, 0.1) is 5.69 Å². The van der Waals surface area contributed by atoms with Crippen LogP contribution in [0.15, 0.2) is 82.1 Å². The first-order valence-corrected chi connectivity index (χ1v) is 11.5. The van der Waals surface area contributed by atoms with Gasteiger partial charge in [0, 0.05) is 19.8 Å². The number of halogens is 2. The van der Waals surface area contributed by atoms with Gasteiger partial charge < -0.3 is 0 Å². The molecule has 1 heterocycles. The number of anilines is 1. The number of nitrogens with one attached hydrogen (secondary N) is 1. The maximum atomic E-state index is 13.4. The van der Waals surface area contributed by atoms with Crippen molar-refractivity contribution in [2.75, 3.05) is 4.90 Å². The van der Waals surface area contributed by atoms with Crippen molar-refractivity contribution >= 4 is 75.9 Å². The van der Waals surface area contributed by atoms with E-state index in [9.17, 15) is 9.59 Å². The Balaban J connectivity index is 1.73. The summed E-state index contributed by atoms with van der Waals surface area (Å²) in [5, 5.41) is 3.79. The molecule has 3 aromatic carbocycles. The summed E-state index contributed by atoms with van der Waals surface area (Å²) in [6, 6.07) is 20.2. The maximum absolute atomic E-state index is 13.4. The van der Waals surface area contributed by atoms with Crippen LogP contribution in [0.25, 0.3) is 6.08 Å². The standard InChI is InChI=1S/C24H16Cl2N2O2S2/c1-14-19(26)6-4-7-20(14)28-23(30)18(22(29)27-24(28)31)13-15-5-2-3-8-21(15)32-17-11-9-16(25)10-12-17/h2-13H,1H3,(H,27,29,31)/b18-13-. The van der Waals surface area contributed by atoms with Crippen LogP contribution in [0.1, 0.15) is 11.1 Å². The van der Waals surface area contributed by atoms with Gasteiger partial charge in [0.15, 0.2) is 5.11 Å². The van der Waals surface area contributed by atoms with Crippen molar-refractivity contribution in [2.45, 2.75) is 16.7 Å². The molecule has 1 aliphatic rings. The number of hydrogen-bond donors (Lipinski definition) is 1. The normalized spacial score (nSPS) is 15.3. The minimum Gasteiger partial charge on any atom is -0.298 e. The zero-order valence-corrected chi connectivity index (χ0v) is 19.9. The summed E-state index contributed by atoms with van der Waals surface area (Å²) < 4.78 is 0. The van der Waals surface area contributed by atoms with Crippen molar-refractivity contribution in [1.29, 1.82) is 0 Å². The number of hydrogen-bond acceptors (Lipinski definition) is 4. The number of carbonyl (C=O) groups is 2. The molecular weight excluding hydrogens is 483 g/mol. The molecule has 1 saturated heterocycles. The number of amides is 2. The van der Waals surface area contributed by atoms with E-state index in [1.807, 2.05) is 48.5 Å². The summed E-state index contributed by atoms with van der Waals surface area (Å²) in [4.78, 5) is 29.2. The third kappa shape index (κ3) is 4.59. The summed E-state index contributed by atoms with van der Waals surface area (Å²) >= 11 is 19.0. The molecular formula is C24H16Cl2N2O2S2. The molecule has 0 radical (unpaired) electrons. The minimum absolute atomic E-state index is 0.0119. The number of thiocarbonyl (C=S) groups is 1. The Morgan fingerprint density at radius 1 is 0.969 bits per heavy atom. The Morgan fingerprint density at radius 2 is 1.69 bits per heavy atom. The summed E-state index contributed by atoms with van der Waals surface area (Å²) in [6.07, 6.45) is 1.59. The molecule has 4 nitrogen and oxygen atoms in total. The van der Waals surface area contributed by atoms with Crippen molar-refractivity contribution in [2.24, 2.45) is 0 Å². The number of carbonyl (C=O) groups excluding carboxylic acids is 2. The summed E-state index contributed by atoms with van der Waals surface area (Å²) in [5.41, 5.74) is 1.95. The lowest BCUT2D eigenvalue weighted by Gasteiger charge is -2.30. The number of benzene rings is 3. The van der Waals surface area contributed by atoms with Gasteiger partial charge in [0.1, 0.15) is 5.57 Å². The quantitative estimate of drug-likeness (QED) is 0.261. The van der Waals surface area contributed by atoms with Gasteiger partial charge in [-0.2, -0.15) is 0 Å². The molecule has 0 unspecified atom stereocenters. The van der Waals surface area contributed by atoms with Crippen LogP contribution < -0.4 is 10.2 Å². The first kappa shape index (κ1) is 22.6. The van der Waals surface area contributed by atoms with Crippen LogP contribution in [-0.4, -0.2) is 16.9 Å². The third-order valence-electron chi connectivity index (χ3n) is 4.84. The summed E-state index contributed by atoms with van der Waals surface area (Å²) in [5.74, 6) is -1.04. The average Bonchev–Trinajstić information content (AvgIpc) is 2.76. The Morgan fingerprint density at radius 3 is 2.44 bits per heavy atom. The molecule has 1 N–H and O–H groups in total. The fraction of sp³-hybridized carbons (Fsp3) is 0.0417. The molecule has 0 atom stereocenters. The Bertz CT molecular complexity index is 1270. The fourth-order valence-electron chi connectivity index (χ4n) is 3.19. The van der Waals surface area contributed by atoms with E-state index in [1.54, 1.807) is 31.2 Å². The molecule has 0 aromatic heterocycles. The highest BCUT2D eigenvalue weighted by Gasteiger charge is 2.35. The van der Waals surface area contributed by atoms with E-state index in [2.05, 4.69) is 5.32 Å². The van der Waals surface area contributed by atoms with E-state index in [0.717, 1.165) is 15.4 Å². The van der Waals surface area contributed by atoms with Gasteiger partial charge >= 0.3 is 0 Å². The van der Waals surface area contributed by atoms with E-state index in [-0.39, 0.29) is 10.7 Å². The van der Waals surface area contributed by atoms with Gasteiger partial charge in [-0.05, 0) is 78.8 Å². The van der Waals surface area contributed by atoms with Gasteiger partial charge in [0.25, 0.3) is 11.8 Å². The van der Waals surface area contributed by atoms with Crippen LogP contribution >= 0.6 is 47.2 Å². The second kappa shape index (κ2) is 9.46. The van der Waals surface area contributed by atoms with Gasteiger partial charge in [-0.15, -0.1) is 0 Å². The van der Waals surface area contributed by atoms with Crippen LogP contribution in [0.3, 0.4) is 0 Å². The smallest absolute Gasteiger partial charge is 0.270 e. The molecule has 3 aromatic rings. The molecule has 0 spiro atoms. The Labute approximate surface area is 205 Å². The zero-order chi connectivity index (χ0) is 22.8. The van der Waals surface area contributed by atoms with Crippen LogP contribution in [0.4, 0.5) is 5.69 Å². The third-order valence-corrected chi connectivity index (χ3v) is 6.89. The second-order valence-corrected chi connectivity index (χ2v) is 9.28. The molecule has 4 rings (SSSR count). The maximum Gasteiger partial charge on any atom is 0.270 e. The Hall–Kier alpha value is -2.64. The summed E-state index contributed by atoms with van der Waals surface area (Å²) in [7, 11) is 0. The Kier molecular flexibility index (Phi) is 6.67. The highest BCUT2D eigenvalue weighted by molar-refractivity contribution is 7.99. The van der Waals surface area contributed by atoms with E-state index < -0.39 is 11.8 Å². The fourth-order valence-corrected chi connectivity index (χ4v) is 4.68. The van der Waals surface area contributed by atoms with Crippen LogP contribution in [-0.2, 0) is 9.59 Å². The SMILES string of the molecule is Cc1c(Cl)cccc1N1C(=O)/C(=C\c2ccccc2Sc2ccc(Cl)cc2)C(=O)NC1=S. The lowest BCUT2D eigenvalue weighted by molar-refractivity contribution is -0.122. The van der Waals surface area contributed by atoms with Crippen molar-refractivity contribution in [3.63, 3.8) is 0 Å². The predicted octanol–water partition coefficient (Wildman–Crippen LogP) is 6.28. The largest absolute Gasteiger partial charge is 0.298 e. The van der Waals surface area contributed by atoms with Crippen molar-refractivity contribution in [3.05, 3.63) is 93.5 Å². The van der Waals surface area contributed by atoms with E-state index in [1.165, 1.54) is 16.7 Å². The zero-order valence-electron chi connectivity index (χ0n) is 16.8. The van der Waals surface area contributed by atoms with Crippen LogP contribution in [0.2, 0.25) is 10.0 Å². The van der Waals surface area contributed by atoms with Crippen molar-refractivity contribution < 1.29 is 9.59 Å². The lowest BCUT2D eigenvalue weighted by atomic mass is 10.1.